The van der Waals surface area contributed by atoms with Gasteiger partial charge in [0.25, 0.3) is 0 Å². The molecule has 2 heteroatoms. The second-order valence-corrected chi connectivity index (χ2v) is 4.25. The lowest BCUT2D eigenvalue weighted by atomic mass is 9.87. The summed E-state index contributed by atoms with van der Waals surface area (Å²) in [5.41, 5.74) is 0.831. The van der Waals surface area contributed by atoms with Crippen LogP contribution in [-0.4, -0.2) is 6.61 Å². The maximum absolute atomic E-state index is 8.95. The normalized spacial score (nSPS) is 10.8. The molecular formula is C13H17NO. The zero-order valence-corrected chi connectivity index (χ0v) is 9.58. The molecule has 1 aromatic rings. The van der Waals surface area contributed by atoms with Crippen LogP contribution in [-0.2, 0) is 6.42 Å². The van der Waals surface area contributed by atoms with Gasteiger partial charge in [0.2, 0.25) is 0 Å². The van der Waals surface area contributed by atoms with E-state index >= 15 is 0 Å². The molecule has 0 heterocycles. The molecule has 80 valence electrons. The maximum Gasteiger partial charge on any atom is 0.119 e. The van der Waals surface area contributed by atoms with E-state index in [1.54, 1.807) is 0 Å². The van der Waals surface area contributed by atoms with Crippen LogP contribution in [0.1, 0.15) is 26.3 Å². The molecule has 0 atom stereocenters. The van der Waals surface area contributed by atoms with Gasteiger partial charge in [-0.1, -0.05) is 12.1 Å². The first-order chi connectivity index (χ1) is 7.07. The van der Waals surface area contributed by atoms with Gasteiger partial charge in [0.15, 0.2) is 0 Å². The first-order valence-electron chi connectivity index (χ1n) is 5.20. The second kappa shape index (κ2) is 4.84. The molecule has 0 saturated carbocycles. The summed E-state index contributed by atoms with van der Waals surface area (Å²) in [6.07, 6.45) is 0.754. The fraction of sp³-hybridized carbons (Fsp3) is 0.462. The minimum absolute atomic E-state index is 0.315. The smallest absolute Gasteiger partial charge is 0.119 e. The summed E-state index contributed by atoms with van der Waals surface area (Å²) in [6, 6.07) is 10.2. The third-order valence-corrected chi connectivity index (χ3v) is 2.16. The van der Waals surface area contributed by atoms with Gasteiger partial charge in [0, 0.05) is 0 Å². The highest BCUT2D eigenvalue weighted by atomic mass is 16.5. The minimum atomic E-state index is -0.315. The summed E-state index contributed by atoms with van der Waals surface area (Å²) in [5, 5.41) is 8.95. The zero-order chi connectivity index (χ0) is 11.3. The van der Waals surface area contributed by atoms with Crippen molar-refractivity contribution in [3.05, 3.63) is 29.8 Å². The third kappa shape index (κ3) is 3.63. The lowest BCUT2D eigenvalue weighted by Gasteiger charge is -2.15. The van der Waals surface area contributed by atoms with Gasteiger partial charge in [-0.25, -0.2) is 0 Å². The van der Waals surface area contributed by atoms with Crippen molar-refractivity contribution < 1.29 is 4.74 Å². The molecule has 0 aromatic heterocycles. The van der Waals surface area contributed by atoms with Crippen LogP contribution in [0.3, 0.4) is 0 Å². The van der Waals surface area contributed by atoms with E-state index in [2.05, 4.69) is 6.07 Å². The average molecular weight is 203 g/mol. The van der Waals surface area contributed by atoms with Gasteiger partial charge in [-0.3, -0.25) is 0 Å². The van der Waals surface area contributed by atoms with Gasteiger partial charge in [-0.2, -0.15) is 5.26 Å². The van der Waals surface area contributed by atoms with E-state index in [4.69, 9.17) is 10.00 Å². The van der Waals surface area contributed by atoms with Crippen molar-refractivity contribution in [1.29, 1.82) is 5.26 Å². The highest BCUT2D eigenvalue weighted by Gasteiger charge is 2.17. The summed E-state index contributed by atoms with van der Waals surface area (Å²) in [5.74, 6) is 0.878. The van der Waals surface area contributed by atoms with Crippen LogP contribution in [0.5, 0.6) is 5.75 Å². The summed E-state index contributed by atoms with van der Waals surface area (Å²) < 4.78 is 5.41. The van der Waals surface area contributed by atoms with Crippen molar-refractivity contribution >= 4 is 0 Å². The Morgan fingerprint density at radius 2 is 2.13 bits per heavy atom. The molecule has 0 fully saturated rings. The summed E-state index contributed by atoms with van der Waals surface area (Å²) >= 11 is 0. The van der Waals surface area contributed by atoms with Crippen molar-refractivity contribution in [1.82, 2.24) is 0 Å². The van der Waals surface area contributed by atoms with E-state index in [1.807, 2.05) is 45.0 Å². The monoisotopic (exact) mass is 203 g/mol. The van der Waals surface area contributed by atoms with E-state index in [0.29, 0.717) is 6.61 Å². The van der Waals surface area contributed by atoms with Gasteiger partial charge in [-0.15, -0.1) is 0 Å². The molecule has 15 heavy (non-hydrogen) atoms. The lowest BCUT2D eigenvalue weighted by Crippen LogP contribution is -2.11. The minimum Gasteiger partial charge on any atom is -0.494 e. The first-order valence-corrected chi connectivity index (χ1v) is 5.20. The Morgan fingerprint density at radius 3 is 2.73 bits per heavy atom. The fourth-order valence-corrected chi connectivity index (χ4v) is 1.46. The van der Waals surface area contributed by atoms with Gasteiger partial charge < -0.3 is 4.74 Å². The number of benzene rings is 1. The number of nitriles is 1. The molecule has 0 aliphatic heterocycles. The number of hydrogen-bond donors (Lipinski definition) is 0. The molecule has 2 nitrogen and oxygen atoms in total. The molecular weight excluding hydrogens is 186 g/mol. The Labute approximate surface area is 91.5 Å². The molecule has 1 aromatic carbocycles. The van der Waals surface area contributed by atoms with E-state index in [0.717, 1.165) is 17.7 Å². The van der Waals surface area contributed by atoms with Crippen LogP contribution in [0.2, 0.25) is 0 Å². The quantitative estimate of drug-likeness (QED) is 0.753. The van der Waals surface area contributed by atoms with Crippen molar-refractivity contribution in [2.75, 3.05) is 6.61 Å². The molecule has 0 unspecified atom stereocenters. The number of nitrogens with zero attached hydrogens (tertiary/aromatic N) is 1. The molecule has 0 N–H and O–H groups in total. The molecule has 1 rings (SSSR count). The molecule has 0 aliphatic rings. The van der Waals surface area contributed by atoms with Gasteiger partial charge >= 0.3 is 0 Å². The Kier molecular flexibility index (Phi) is 3.74. The van der Waals surface area contributed by atoms with Gasteiger partial charge in [0.1, 0.15) is 5.75 Å². The van der Waals surface area contributed by atoms with Crippen molar-refractivity contribution in [2.45, 2.75) is 27.2 Å². The van der Waals surface area contributed by atoms with Crippen LogP contribution in [0.25, 0.3) is 0 Å². The Balaban J connectivity index is 2.79. The number of ether oxygens (including phenoxy) is 1. The van der Waals surface area contributed by atoms with Crippen molar-refractivity contribution in [3.63, 3.8) is 0 Å². The molecule has 0 saturated heterocycles. The van der Waals surface area contributed by atoms with Gasteiger partial charge in [0.05, 0.1) is 18.1 Å². The predicted octanol–water partition coefficient (Wildman–Crippen LogP) is 3.18. The first kappa shape index (κ1) is 11.6. The molecule has 0 spiro atoms. The van der Waals surface area contributed by atoms with Gasteiger partial charge in [-0.05, 0) is 44.9 Å². The average Bonchev–Trinajstić information content (AvgIpc) is 2.18. The second-order valence-electron chi connectivity index (χ2n) is 4.25. The fourth-order valence-electron chi connectivity index (χ4n) is 1.46. The largest absolute Gasteiger partial charge is 0.494 e. The van der Waals surface area contributed by atoms with Crippen LogP contribution < -0.4 is 4.74 Å². The lowest BCUT2D eigenvalue weighted by molar-refractivity contribution is 0.339. The van der Waals surface area contributed by atoms with Crippen LogP contribution in [0.4, 0.5) is 0 Å². The summed E-state index contributed by atoms with van der Waals surface area (Å²) in [7, 11) is 0. The summed E-state index contributed by atoms with van der Waals surface area (Å²) in [6.45, 7) is 6.53. The van der Waals surface area contributed by atoms with E-state index in [1.165, 1.54) is 0 Å². The number of rotatable bonds is 4. The molecule has 0 aliphatic carbocycles. The summed E-state index contributed by atoms with van der Waals surface area (Å²) in [4.78, 5) is 0. The van der Waals surface area contributed by atoms with Crippen LogP contribution in [0.15, 0.2) is 24.3 Å². The van der Waals surface area contributed by atoms with E-state index in [-0.39, 0.29) is 5.41 Å². The Hall–Kier alpha value is -1.49. The highest BCUT2D eigenvalue weighted by molar-refractivity contribution is 5.29. The van der Waals surface area contributed by atoms with Crippen molar-refractivity contribution in [2.24, 2.45) is 5.41 Å². The predicted molar refractivity (Wildman–Crippen MR) is 60.7 cm³/mol. The zero-order valence-electron chi connectivity index (χ0n) is 9.58. The maximum atomic E-state index is 8.95. The topological polar surface area (TPSA) is 33.0 Å². The van der Waals surface area contributed by atoms with E-state index < -0.39 is 0 Å². The van der Waals surface area contributed by atoms with Crippen LogP contribution in [0, 0.1) is 16.7 Å². The van der Waals surface area contributed by atoms with Crippen molar-refractivity contribution in [3.8, 4) is 11.8 Å². The highest BCUT2D eigenvalue weighted by Crippen LogP contribution is 2.23. The Bertz CT molecular complexity index is 363. The molecule has 0 amide bonds. The number of hydrogen-bond acceptors (Lipinski definition) is 2. The third-order valence-electron chi connectivity index (χ3n) is 2.16. The Morgan fingerprint density at radius 1 is 1.40 bits per heavy atom. The van der Waals surface area contributed by atoms with E-state index in [9.17, 15) is 0 Å². The van der Waals surface area contributed by atoms with Crippen LogP contribution >= 0.6 is 0 Å². The molecule has 0 bridgehead atoms. The standard InChI is InChI=1S/C13H17NO/c1-4-15-12-7-5-6-11(8-12)9-13(2,3)10-14/h5-8H,4,9H2,1-3H3. The molecule has 0 radical (unpaired) electrons. The SMILES string of the molecule is CCOc1cccc(CC(C)(C)C#N)c1.